The molecule has 0 aliphatic rings. The quantitative estimate of drug-likeness (QED) is 0.382. The third-order valence-electron chi connectivity index (χ3n) is 4.58. The van der Waals surface area contributed by atoms with Gasteiger partial charge in [0.2, 0.25) is 0 Å². The number of nitrogens with one attached hydrogen (secondary N) is 2. The fourth-order valence-corrected chi connectivity index (χ4v) is 3.19. The lowest BCUT2D eigenvalue weighted by molar-refractivity contribution is -0.136. The molecule has 0 unspecified atom stereocenters. The van der Waals surface area contributed by atoms with Crippen molar-refractivity contribution in [2.45, 2.75) is 6.18 Å². The Kier molecular flexibility index (Phi) is 4.97. The Morgan fingerprint density at radius 2 is 1.77 bits per heavy atom. The average molecular weight is 429 g/mol. The van der Waals surface area contributed by atoms with E-state index in [2.05, 4.69) is 10.3 Å². The van der Waals surface area contributed by atoms with E-state index in [4.69, 9.17) is 5.73 Å². The van der Waals surface area contributed by atoms with Gasteiger partial charge in [0.05, 0.1) is 16.8 Å². The third kappa shape index (κ3) is 4.13. The van der Waals surface area contributed by atoms with E-state index in [0.29, 0.717) is 29.7 Å². The Morgan fingerprint density at radius 3 is 2.48 bits per heavy atom. The molecule has 0 aliphatic heterocycles. The number of pyridine rings is 1. The van der Waals surface area contributed by atoms with Gasteiger partial charge in [-0.2, -0.15) is 13.2 Å². The molecule has 10 heteroatoms. The number of amides is 2. The van der Waals surface area contributed by atoms with Crippen LogP contribution in [0.1, 0.15) is 5.56 Å². The number of nitrogen functional groups attached to an aromatic ring is 1. The van der Waals surface area contributed by atoms with Crippen LogP contribution in [0.15, 0.2) is 67.1 Å². The SMILES string of the molecule is Nc1ncn2cccc(-c3ccc(NC(=O)Nc4cc(F)ccc4C(F)(F)F)cc3)c12. The van der Waals surface area contributed by atoms with Crippen LogP contribution in [0.4, 0.5) is 39.5 Å². The summed E-state index contributed by atoms with van der Waals surface area (Å²) in [6.45, 7) is 0. The summed E-state index contributed by atoms with van der Waals surface area (Å²) in [6.07, 6.45) is -1.34. The molecule has 2 amide bonds. The molecule has 0 bridgehead atoms. The fraction of sp³-hybridized carbons (Fsp3) is 0.0476. The summed E-state index contributed by atoms with van der Waals surface area (Å²) in [4.78, 5) is 16.2. The number of nitrogens with two attached hydrogens (primary N) is 1. The number of fused-ring (bicyclic) bond motifs is 1. The first-order chi connectivity index (χ1) is 14.7. The number of carbonyl (C=O) groups is 1. The normalized spacial score (nSPS) is 11.5. The lowest BCUT2D eigenvalue weighted by Gasteiger charge is -2.14. The predicted molar refractivity (Wildman–Crippen MR) is 109 cm³/mol. The second-order valence-corrected chi connectivity index (χ2v) is 6.65. The summed E-state index contributed by atoms with van der Waals surface area (Å²) in [5.41, 5.74) is 6.79. The number of rotatable bonds is 3. The maximum atomic E-state index is 13.4. The van der Waals surface area contributed by atoms with Crippen LogP contribution >= 0.6 is 0 Å². The molecule has 0 spiro atoms. The molecule has 4 N–H and O–H groups in total. The lowest BCUT2D eigenvalue weighted by atomic mass is 10.1. The summed E-state index contributed by atoms with van der Waals surface area (Å²) < 4.78 is 54.4. The second-order valence-electron chi connectivity index (χ2n) is 6.65. The van der Waals surface area contributed by atoms with Gasteiger partial charge in [-0.25, -0.2) is 14.2 Å². The van der Waals surface area contributed by atoms with Crippen LogP contribution < -0.4 is 16.4 Å². The fourth-order valence-electron chi connectivity index (χ4n) is 3.19. The molecule has 158 valence electrons. The number of anilines is 3. The Labute approximate surface area is 173 Å². The van der Waals surface area contributed by atoms with E-state index in [-0.39, 0.29) is 0 Å². The largest absolute Gasteiger partial charge is 0.418 e. The van der Waals surface area contributed by atoms with Gasteiger partial charge >= 0.3 is 12.2 Å². The van der Waals surface area contributed by atoms with Gasteiger partial charge in [0, 0.05) is 17.4 Å². The van der Waals surface area contributed by atoms with Crippen molar-refractivity contribution in [2.75, 3.05) is 16.4 Å². The van der Waals surface area contributed by atoms with Crippen molar-refractivity contribution in [3.05, 3.63) is 78.5 Å². The van der Waals surface area contributed by atoms with Gasteiger partial charge < -0.3 is 20.8 Å². The molecule has 0 saturated carbocycles. The highest BCUT2D eigenvalue weighted by Gasteiger charge is 2.34. The summed E-state index contributed by atoms with van der Waals surface area (Å²) in [6, 6.07) is 11.2. The molecule has 2 aromatic heterocycles. The van der Waals surface area contributed by atoms with Crippen molar-refractivity contribution in [3.8, 4) is 11.1 Å². The molecule has 2 aromatic carbocycles. The third-order valence-corrected chi connectivity index (χ3v) is 4.58. The number of halogens is 4. The molecule has 0 saturated heterocycles. The van der Waals surface area contributed by atoms with Crippen LogP contribution in [0, 0.1) is 5.82 Å². The first-order valence-corrected chi connectivity index (χ1v) is 8.99. The van der Waals surface area contributed by atoms with E-state index in [9.17, 15) is 22.4 Å². The minimum absolute atomic E-state index is 0.333. The summed E-state index contributed by atoms with van der Waals surface area (Å²) in [7, 11) is 0. The molecule has 4 rings (SSSR count). The molecule has 31 heavy (non-hydrogen) atoms. The monoisotopic (exact) mass is 429 g/mol. The van der Waals surface area contributed by atoms with Crippen molar-refractivity contribution < 1.29 is 22.4 Å². The smallest absolute Gasteiger partial charge is 0.382 e. The van der Waals surface area contributed by atoms with Crippen LogP contribution in [-0.2, 0) is 6.18 Å². The first kappa shape index (κ1) is 20.2. The van der Waals surface area contributed by atoms with E-state index in [0.717, 1.165) is 16.6 Å². The van der Waals surface area contributed by atoms with Crippen LogP contribution in [0.5, 0.6) is 0 Å². The topological polar surface area (TPSA) is 84.4 Å². The van der Waals surface area contributed by atoms with Gasteiger partial charge in [-0.05, 0) is 42.0 Å². The van der Waals surface area contributed by atoms with Crippen molar-refractivity contribution in [3.63, 3.8) is 0 Å². The van der Waals surface area contributed by atoms with Crippen LogP contribution in [-0.4, -0.2) is 15.4 Å². The zero-order valence-electron chi connectivity index (χ0n) is 15.7. The van der Waals surface area contributed by atoms with Crippen molar-refractivity contribution in [1.82, 2.24) is 9.38 Å². The van der Waals surface area contributed by atoms with Gasteiger partial charge in [0.25, 0.3) is 0 Å². The van der Waals surface area contributed by atoms with Crippen LogP contribution in [0.25, 0.3) is 16.6 Å². The van der Waals surface area contributed by atoms with Crippen LogP contribution in [0.2, 0.25) is 0 Å². The molecular formula is C21H15F4N5O. The van der Waals surface area contributed by atoms with E-state index in [1.165, 1.54) is 0 Å². The number of alkyl halides is 3. The van der Waals surface area contributed by atoms with E-state index in [1.54, 1.807) is 35.0 Å². The van der Waals surface area contributed by atoms with Gasteiger partial charge in [0.1, 0.15) is 18.0 Å². The zero-order valence-corrected chi connectivity index (χ0v) is 15.7. The number of aromatic nitrogens is 2. The lowest BCUT2D eigenvalue weighted by Crippen LogP contribution is -2.22. The Morgan fingerprint density at radius 1 is 1.03 bits per heavy atom. The zero-order chi connectivity index (χ0) is 22.2. The standard InChI is InChI=1S/C21H15F4N5O/c22-13-5-8-16(21(23,24)25)17(10-13)29-20(31)28-14-6-3-12(4-7-14)15-2-1-9-30-11-27-19(26)18(15)30/h1-11H,26H2,(H2,28,29,31). The summed E-state index contributed by atoms with van der Waals surface area (Å²) in [5.74, 6) is -0.534. The maximum Gasteiger partial charge on any atom is 0.418 e. The number of benzene rings is 2. The van der Waals surface area contributed by atoms with E-state index in [1.807, 2.05) is 23.6 Å². The average Bonchev–Trinajstić information content (AvgIpc) is 3.09. The van der Waals surface area contributed by atoms with Crippen LogP contribution in [0.3, 0.4) is 0 Å². The van der Waals surface area contributed by atoms with Crippen molar-refractivity contribution in [2.24, 2.45) is 0 Å². The molecule has 0 aliphatic carbocycles. The summed E-state index contributed by atoms with van der Waals surface area (Å²) >= 11 is 0. The molecule has 0 fully saturated rings. The minimum atomic E-state index is -4.74. The Balaban J connectivity index is 1.53. The highest BCUT2D eigenvalue weighted by Crippen LogP contribution is 2.35. The maximum absolute atomic E-state index is 13.4. The highest BCUT2D eigenvalue weighted by atomic mass is 19.4. The molecule has 6 nitrogen and oxygen atoms in total. The van der Waals surface area contributed by atoms with Gasteiger partial charge in [-0.15, -0.1) is 0 Å². The minimum Gasteiger partial charge on any atom is -0.382 e. The summed E-state index contributed by atoms with van der Waals surface area (Å²) in [5, 5.41) is 4.47. The predicted octanol–water partition coefficient (Wildman–Crippen LogP) is 5.39. The number of hydrogen-bond acceptors (Lipinski definition) is 3. The first-order valence-electron chi connectivity index (χ1n) is 8.99. The highest BCUT2D eigenvalue weighted by molar-refractivity contribution is 6.00. The van der Waals surface area contributed by atoms with Gasteiger partial charge in [0.15, 0.2) is 0 Å². The van der Waals surface area contributed by atoms with E-state index < -0.39 is 29.3 Å². The van der Waals surface area contributed by atoms with Crippen molar-refractivity contribution in [1.29, 1.82) is 0 Å². The van der Waals surface area contributed by atoms with Crippen molar-refractivity contribution >= 4 is 28.7 Å². The number of imidazole rings is 1. The molecule has 0 atom stereocenters. The molecule has 0 radical (unpaired) electrons. The molecule has 2 heterocycles. The molecular weight excluding hydrogens is 414 g/mol. The number of carbonyl (C=O) groups excluding carboxylic acids is 1. The second kappa shape index (κ2) is 7.63. The van der Waals surface area contributed by atoms with Gasteiger partial charge in [-0.3, -0.25) is 0 Å². The number of urea groups is 1. The Bertz CT molecular complexity index is 1270. The Hall–Kier alpha value is -4.08. The number of nitrogens with zero attached hydrogens (tertiary/aromatic N) is 2. The van der Waals surface area contributed by atoms with Gasteiger partial charge in [-0.1, -0.05) is 18.2 Å². The molecule has 4 aromatic rings. The van der Waals surface area contributed by atoms with E-state index >= 15 is 0 Å². The number of hydrogen-bond donors (Lipinski definition) is 3.